The van der Waals surface area contributed by atoms with Crippen molar-refractivity contribution in [2.75, 3.05) is 64.4 Å². The number of furan rings is 1. The highest BCUT2D eigenvalue weighted by molar-refractivity contribution is 6.12. The molecule has 3 saturated heterocycles. The van der Waals surface area contributed by atoms with E-state index >= 15 is 0 Å². The molecule has 1 atom stereocenters. The van der Waals surface area contributed by atoms with Crippen LogP contribution in [-0.4, -0.2) is 115 Å². The zero-order valence-electron chi connectivity index (χ0n) is 23.1. The number of benzene rings is 1. The smallest absolute Gasteiger partial charge is 0.341 e. The van der Waals surface area contributed by atoms with Gasteiger partial charge >= 0.3 is 6.03 Å². The minimum absolute atomic E-state index is 0.107. The summed E-state index contributed by atoms with van der Waals surface area (Å²) in [7, 11) is 1.75. The SMILES string of the molecule is CN1C(=O)N(CCN2CCN(c3ccc(OC4CCOCC4)cc3)CC2)C2N=C3C(=C(c4ccco4)N=CN3N)N21. The Kier molecular flexibility index (Phi) is 6.77. The standard InChI is InChI=1S/C28H35N9O4/c1-32-28(38)35(27-31-26-25(37(27)32)24(30-19-36(26)29)23-3-2-16-40-23)15-12-33-10-13-34(14-11-33)20-4-6-21(7-5-20)41-22-8-17-39-18-9-22/h2-7,16,19,22,27H,8-15,17-18,29H2,1H3. The molecule has 13 heteroatoms. The van der Waals surface area contributed by atoms with Crippen molar-refractivity contribution < 1.29 is 18.7 Å². The summed E-state index contributed by atoms with van der Waals surface area (Å²) in [5.74, 6) is 8.25. The van der Waals surface area contributed by atoms with Gasteiger partial charge in [0.1, 0.15) is 29.6 Å². The molecule has 216 valence electrons. The largest absolute Gasteiger partial charge is 0.490 e. The maximum Gasteiger partial charge on any atom is 0.341 e. The fourth-order valence-electron chi connectivity index (χ4n) is 5.97. The molecule has 0 spiro atoms. The normalized spacial score (nSPS) is 23.5. The molecule has 1 aromatic carbocycles. The third-order valence-electron chi connectivity index (χ3n) is 8.26. The molecule has 0 aliphatic carbocycles. The number of aliphatic imine (C=N–C) groups is 2. The summed E-state index contributed by atoms with van der Waals surface area (Å²) in [6.07, 6.45) is 4.72. The maximum atomic E-state index is 13.3. The summed E-state index contributed by atoms with van der Waals surface area (Å²) in [6.45, 7) is 6.53. The van der Waals surface area contributed by atoms with Crippen LogP contribution in [0.4, 0.5) is 10.5 Å². The topological polar surface area (TPSA) is 119 Å². The average molecular weight is 562 g/mol. The first kappa shape index (κ1) is 25.9. The van der Waals surface area contributed by atoms with Gasteiger partial charge in [-0.25, -0.2) is 35.6 Å². The molecule has 2 aromatic rings. The van der Waals surface area contributed by atoms with Crippen LogP contribution in [0.15, 0.2) is 62.8 Å². The van der Waals surface area contributed by atoms with E-state index in [4.69, 9.17) is 24.7 Å². The third kappa shape index (κ3) is 4.79. The second-order valence-electron chi connectivity index (χ2n) is 10.7. The summed E-state index contributed by atoms with van der Waals surface area (Å²) in [6, 6.07) is 12.0. The third-order valence-corrected chi connectivity index (χ3v) is 8.26. The second kappa shape index (κ2) is 10.7. The van der Waals surface area contributed by atoms with Crippen LogP contribution in [-0.2, 0) is 4.74 Å². The number of carbonyl (C=O) groups is 1. The number of nitrogens with two attached hydrogens (primary N) is 1. The number of hydrogen-bond donors (Lipinski definition) is 1. The van der Waals surface area contributed by atoms with Crippen molar-refractivity contribution >= 4 is 29.6 Å². The highest BCUT2D eigenvalue weighted by Crippen LogP contribution is 2.38. The summed E-state index contributed by atoms with van der Waals surface area (Å²) >= 11 is 0. The van der Waals surface area contributed by atoms with Gasteiger partial charge in [0.05, 0.1) is 19.5 Å². The van der Waals surface area contributed by atoms with Gasteiger partial charge in [-0.1, -0.05) is 0 Å². The number of piperazine rings is 1. The molecule has 5 aliphatic heterocycles. The Hall–Kier alpha value is -4.07. The van der Waals surface area contributed by atoms with E-state index in [0.29, 0.717) is 29.5 Å². The first-order valence-corrected chi connectivity index (χ1v) is 14.2. The van der Waals surface area contributed by atoms with Crippen LogP contribution < -0.4 is 15.5 Å². The number of rotatable bonds is 7. The number of carbonyl (C=O) groups excluding carboxylic acids is 1. The Bertz CT molecular complexity index is 1350. The molecular formula is C28H35N9O4. The van der Waals surface area contributed by atoms with E-state index in [1.807, 2.05) is 11.1 Å². The van der Waals surface area contributed by atoms with E-state index in [9.17, 15) is 4.79 Å². The van der Waals surface area contributed by atoms with Crippen LogP contribution in [0.3, 0.4) is 0 Å². The summed E-state index contributed by atoms with van der Waals surface area (Å²) in [5.41, 5.74) is 2.46. The molecule has 13 nitrogen and oxygen atoms in total. The predicted molar refractivity (Wildman–Crippen MR) is 153 cm³/mol. The van der Waals surface area contributed by atoms with E-state index in [2.05, 4.69) is 39.1 Å². The molecule has 2 N–H and O–H groups in total. The number of hydrazine groups is 2. The zero-order chi connectivity index (χ0) is 27.9. The van der Waals surface area contributed by atoms with Gasteiger partial charge in [0.2, 0.25) is 6.29 Å². The van der Waals surface area contributed by atoms with Gasteiger partial charge in [0, 0.05) is 64.8 Å². The van der Waals surface area contributed by atoms with Crippen molar-refractivity contribution in [1.82, 2.24) is 24.8 Å². The minimum atomic E-state index is -0.515. The van der Waals surface area contributed by atoms with E-state index in [1.54, 1.807) is 29.3 Å². The highest BCUT2D eigenvalue weighted by Gasteiger charge is 2.51. The Morgan fingerprint density at radius 2 is 1.83 bits per heavy atom. The van der Waals surface area contributed by atoms with Crippen LogP contribution in [0.2, 0.25) is 0 Å². The Balaban J connectivity index is 0.962. The van der Waals surface area contributed by atoms with Crippen molar-refractivity contribution in [3.63, 3.8) is 0 Å². The van der Waals surface area contributed by atoms with Gasteiger partial charge < -0.3 is 18.8 Å². The second-order valence-corrected chi connectivity index (χ2v) is 10.7. The number of hydrogen-bond acceptors (Lipinski definition) is 11. The lowest BCUT2D eigenvalue weighted by Gasteiger charge is -2.36. The predicted octanol–water partition coefficient (Wildman–Crippen LogP) is 1.83. The van der Waals surface area contributed by atoms with Crippen molar-refractivity contribution in [1.29, 1.82) is 0 Å². The maximum absolute atomic E-state index is 13.3. The zero-order valence-corrected chi connectivity index (χ0v) is 23.1. The highest BCUT2D eigenvalue weighted by atomic mass is 16.5. The molecule has 6 heterocycles. The van der Waals surface area contributed by atoms with Gasteiger partial charge in [0.25, 0.3) is 0 Å². The summed E-state index contributed by atoms with van der Waals surface area (Å²) in [5, 5.41) is 4.82. The van der Waals surface area contributed by atoms with Crippen molar-refractivity contribution in [3.05, 3.63) is 54.1 Å². The van der Waals surface area contributed by atoms with Crippen molar-refractivity contribution in [3.8, 4) is 5.75 Å². The Labute approximate surface area is 238 Å². The lowest BCUT2D eigenvalue weighted by atomic mass is 10.1. The number of ether oxygens (including phenoxy) is 2. The lowest BCUT2D eigenvalue weighted by Crippen LogP contribution is -2.49. The molecule has 2 amide bonds. The number of amides is 2. The van der Waals surface area contributed by atoms with Crippen LogP contribution in [0.5, 0.6) is 5.75 Å². The van der Waals surface area contributed by atoms with Gasteiger partial charge in [-0.2, -0.15) is 0 Å². The van der Waals surface area contributed by atoms with Gasteiger partial charge in [-0.05, 0) is 36.4 Å². The summed E-state index contributed by atoms with van der Waals surface area (Å²) in [4.78, 5) is 29.2. The lowest BCUT2D eigenvalue weighted by molar-refractivity contribution is 0.0256. The number of fused-ring (bicyclic) bond motifs is 3. The molecular weight excluding hydrogens is 526 g/mol. The van der Waals surface area contributed by atoms with Crippen LogP contribution in [0.1, 0.15) is 18.6 Å². The molecule has 0 radical (unpaired) electrons. The van der Waals surface area contributed by atoms with E-state index in [-0.39, 0.29) is 12.1 Å². The van der Waals surface area contributed by atoms with E-state index < -0.39 is 6.29 Å². The molecule has 41 heavy (non-hydrogen) atoms. The Morgan fingerprint density at radius 1 is 1.05 bits per heavy atom. The van der Waals surface area contributed by atoms with Crippen LogP contribution in [0, 0.1) is 0 Å². The molecule has 5 aliphatic rings. The first-order valence-electron chi connectivity index (χ1n) is 14.2. The minimum Gasteiger partial charge on any atom is -0.490 e. The quantitative estimate of drug-likeness (QED) is 0.505. The van der Waals surface area contributed by atoms with Gasteiger partial charge in [0.15, 0.2) is 11.6 Å². The van der Waals surface area contributed by atoms with Crippen molar-refractivity contribution in [2.45, 2.75) is 25.2 Å². The Morgan fingerprint density at radius 3 is 2.56 bits per heavy atom. The van der Waals surface area contributed by atoms with Crippen LogP contribution in [0.25, 0.3) is 5.70 Å². The first-order chi connectivity index (χ1) is 20.1. The summed E-state index contributed by atoms with van der Waals surface area (Å²) < 4.78 is 17.2. The number of urea groups is 1. The molecule has 0 saturated carbocycles. The number of nitrogens with zero attached hydrogens (tertiary/aromatic N) is 8. The number of anilines is 1. The molecule has 3 fully saturated rings. The molecule has 1 aromatic heterocycles. The monoisotopic (exact) mass is 561 g/mol. The van der Waals surface area contributed by atoms with Gasteiger partial charge in [-0.3, -0.25) is 9.80 Å². The molecule has 7 rings (SSSR count). The average Bonchev–Trinajstić information content (AvgIpc) is 3.72. The fraction of sp³-hybridized carbons (Fsp3) is 0.464. The van der Waals surface area contributed by atoms with E-state index in [1.165, 1.54) is 17.0 Å². The fourth-order valence-corrected chi connectivity index (χ4v) is 5.97. The number of amidine groups is 1. The van der Waals surface area contributed by atoms with Gasteiger partial charge in [-0.15, -0.1) is 0 Å². The molecule has 0 bridgehead atoms. The van der Waals surface area contributed by atoms with Crippen molar-refractivity contribution in [2.24, 2.45) is 15.8 Å². The molecule has 1 unspecified atom stereocenters. The van der Waals surface area contributed by atoms with Crippen LogP contribution >= 0.6 is 0 Å². The van der Waals surface area contributed by atoms with E-state index in [0.717, 1.165) is 64.5 Å².